The molecule has 2 heterocycles. The van der Waals surface area contributed by atoms with Crippen molar-refractivity contribution in [2.75, 3.05) is 10.6 Å². The van der Waals surface area contributed by atoms with E-state index in [4.69, 9.17) is 0 Å². The monoisotopic (exact) mass is 407 g/mol. The van der Waals surface area contributed by atoms with Crippen molar-refractivity contribution in [1.82, 2.24) is 15.0 Å². The molecule has 2 aromatic heterocycles. The highest BCUT2D eigenvalue weighted by atomic mass is 19.4. The molecule has 0 bridgehead atoms. The molecular weight excluding hydrogens is 394 g/mol. The predicted molar refractivity (Wildman–Crippen MR) is 94.6 cm³/mol. The molecular formula is C18H13F4N5O2. The minimum Gasteiger partial charge on any atom is -0.388 e. The normalized spacial score (nSPS) is 11.0. The van der Waals surface area contributed by atoms with Gasteiger partial charge in [0, 0.05) is 25.0 Å². The zero-order valence-corrected chi connectivity index (χ0v) is 14.6. The standard InChI is InChI=1S/C18H13F4N5O2/c19-12-3-1-11(2-4-12)9-26-16-15(23-7-8-24-16)17(28)27-13-5-6-14(25-10-13)29-18(20,21)22/h1-8,10H,9H2,(H,24,26)(H,27,28). The first-order valence-corrected chi connectivity index (χ1v) is 8.12. The van der Waals surface area contributed by atoms with Crippen molar-refractivity contribution < 1.29 is 27.1 Å². The number of hydrogen-bond acceptors (Lipinski definition) is 6. The smallest absolute Gasteiger partial charge is 0.388 e. The van der Waals surface area contributed by atoms with Crippen LogP contribution in [0.3, 0.4) is 0 Å². The summed E-state index contributed by atoms with van der Waals surface area (Å²) in [7, 11) is 0. The Labute approximate surface area is 161 Å². The average Bonchev–Trinajstić information content (AvgIpc) is 2.68. The molecule has 0 aliphatic heterocycles. The fourth-order valence-electron chi connectivity index (χ4n) is 2.25. The van der Waals surface area contributed by atoms with Crippen molar-refractivity contribution >= 4 is 17.4 Å². The largest absolute Gasteiger partial charge is 0.574 e. The number of halogens is 4. The quantitative estimate of drug-likeness (QED) is 0.605. The van der Waals surface area contributed by atoms with Crippen molar-refractivity contribution in [2.45, 2.75) is 12.9 Å². The van der Waals surface area contributed by atoms with Crippen molar-refractivity contribution in [2.24, 2.45) is 0 Å². The lowest BCUT2D eigenvalue weighted by Crippen LogP contribution is -2.19. The number of nitrogens with one attached hydrogen (secondary N) is 2. The van der Waals surface area contributed by atoms with Gasteiger partial charge >= 0.3 is 6.36 Å². The Balaban J connectivity index is 1.67. The van der Waals surface area contributed by atoms with Crippen LogP contribution < -0.4 is 15.4 Å². The Morgan fingerprint density at radius 2 is 1.72 bits per heavy atom. The molecule has 3 rings (SSSR count). The highest BCUT2D eigenvalue weighted by Gasteiger charge is 2.31. The molecule has 0 aliphatic carbocycles. The molecule has 0 spiro atoms. The van der Waals surface area contributed by atoms with Gasteiger partial charge in [-0.3, -0.25) is 4.79 Å². The molecule has 0 saturated heterocycles. The summed E-state index contributed by atoms with van der Waals surface area (Å²) in [5, 5.41) is 5.40. The van der Waals surface area contributed by atoms with E-state index in [0.29, 0.717) is 0 Å². The van der Waals surface area contributed by atoms with E-state index >= 15 is 0 Å². The van der Waals surface area contributed by atoms with Crippen molar-refractivity contribution in [1.29, 1.82) is 0 Å². The molecule has 11 heteroatoms. The van der Waals surface area contributed by atoms with Crippen LogP contribution in [0.5, 0.6) is 5.88 Å². The van der Waals surface area contributed by atoms with Gasteiger partial charge in [-0.2, -0.15) is 0 Å². The second-order valence-electron chi connectivity index (χ2n) is 5.62. The molecule has 0 atom stereocenters. The third-order valence-electron chi connectivity index (χ3n) is 3.50. The van der Waals surface area contributed by atoms with Crippen LogP contribution in [-0.2, 0) is 6.54 Å². The molecule has 0 fully saturated rings. The molecule has 0 unspecified atom stereocenters. The number of pyridine rings is 1. The topological polar surface area (TPSA) is 89.0 Å². The molecule has 0 saturated carbocycles. The van der Waals surface area contributed by atoms with Crippen LogP contribution in [0, 0.1) is 5.82 Å². The van der Waals surface area contributed by atoms with E-state index in [1.807, 2.05) is 0 Å². The third-order valence-corrected chi connectivity index (χ3v) is 3.50. The van der Waals surface area contributed by atoms with Gasteiger partial charge in [0.05, 0.1) is 11.9 Å². The van der Waals surface area contributed by atoms with Gasteiger partial charge < -0.3 is 15.4 Å². The van der Waals surface area contributed by atoms with Crippen LogP contribution in [0.2, 0.25) is 0 Å². The van der Waals surface area contributed by atoms with Crippen LogP contribution >= 0.6 is 0 Å². The van der Waals surface area contributed by atoms with E-state index in [2.05, 4.69) is 30.3 Å². The number of anilines is 2. The Hall–Kier alpha value is -3.76. The van der Waals surface area contributed by atoms with Crippen LogP contribution in [0.15, 0.2) is 55.0 Å². The summed E-state index contributed by atoms with van der Waals surface area (Å²) in [5.41, 5.74) is 0.859. The highest BCUT2D eigenvalue weighted by molar-refractivity contribution is 6.05. The fourth-order valence-corrected chi connectivity index (χ4v) is 2.25. The van der Waals surface area contributed by atoms with Crippen molar-refractivity contribution in [3.63, 3.8) is 0 Å². The summed E-state index contributed by atoms with van der Waals surface area (Å²) in [4.78, 5) is 24.0. The summed E-state index contributed by atoms with van der Waals surface area (Å²) in [6.07, 6.45) is -1.14. The van der Waals surface area contributed by atoms with Gasteiger partial charge in [0.25, 0.3) is 5.91 Å². The number of rotatable bonds is 6. The van der Waals surface area contributed by atoms with E-state index in [1.54, 1.807) is 12.1 Å². The molecule has 3 aromatic rings. The molecule has 1 amide bonds. The number of alkyl halides is 3. The van der Waals surface area contributed by atoms with E-state index < -0.39 is 18.1 Å². The molecule has 7 nitrogen and oxygen atoms in total. The van der Waals surface area contributed by atoms with Crippen LogP contribution in [0.4, 0.5) is 29.1 Å². The number of aromatic nitrogens is 3. The molecule has 2 N–H and O–H groups in total. The first-order valence-electron chi connectivity index (χ1n) is 8.12. The summed E-state index contributed by atoms with van der Waals surface area (Å²) >= 11 is 0. The minimum atomic E-state index is -4.86. The van der Waals surface area contributed by atoms with Crippen LogP contribution in [-0.4, -0.2) is 27.2 Å². The molecule has 29 heavy (non-hydrogen) atoms. The summed E-state index contributed by atoms with van der Waals surface area (Å²) < 4.78 is 53.1. The SMILES string of the molecule is O=C(Nc1ccc(OC(F)(F)F)nc1)c1nccnc1NCc1ccc(F)cc1. The Bertz CT molecular complexity index is 979. The van der Waals surface area contributed by atoms with E-state index in [-0.39, 0.29) is 29.6 Å². The summed E-state index contributed by atoms with van der Waals surface area (Å²) in [6.45, 7) is 0.268. The number of nitrogens with zero attached hydrogens (tertiary/aromatic N) is 3. The zero-order valence-electron chi connectivity index (χ0n) is 14.6. The van der Waals surface area contributed by atoms with Gasteiger partial charge in [-0.15, -0.1) is 13.2 Å². The summed E-state index contributed by atoms with van der Waals surface area (Å²) in [6, 6.07) is 7.94. The molecule has 0 aliphatic rings. The lowest BCUT2D eigenvalue weighted by Gasteiger charge is -2.11. The van der Waals surface area contributed by atoms with Crippen LogP contribution in [0.25, 0.3) is 0 Å². The van der Waals surface area contributed by atoms with Gasteiger partial charge in [0.15, 0.2) is 11.5 Å². The van der Waals surface area contributed by atoms with E-state index in [9.17, 15) is 22.4 Å². The number of benzene rings is 1. The van der Waals surface area contributed by atoms with E-state index in [1.165, 1.54) is 30.6 Å². The number of ether oxygens (including phenoxy) is 1. The Morgan fingerprint density at radius 3 is 2.38 bits per heavy atom. The van der Waals surface area contributed by atoms with Gasteiger partial charge in [0.1, 0.15) is 5.82 Å². The van der Waals surface area contributed by atoms with Gasteiger partial charge in [0.2, 0.25) is 5.88 Å². The van der Waals surface area contributed by atoms with Gasteiger partial charge in [-0.25, -0.2) is 19.3 Å². The second-order valence-corrected chi connectivity index (χ2v) is 5.62. The van der Waals surface area contributed by atoms with Gasteiger partial charge in [-0.1, -0.05) is 12.1 Å². The summed E-state index contributed by atoms with van der Waals surface area (Å²) in [5.74, 6) is -1.49. The zero-order chi connectivity index (χ0) is 20.9. The second kappa shape index (κ2) is 8.50. The number of carbonyl (C=O) groups is 1. The first-order chi connectivity index (χ1) is 13.8. The lowest BCUT2D eigenvalue weighted by molar-refractivity contribution is -0.276. The first kappa shape index (κ1) is 20.0. The Morgan fingerprint density at radius 1 is 1.00 bits per heavy atom. The number of amides is 1. The average molecular weight is 407 g/mol. The molecule has 0 radical (unpaired) electrons. The fraction of sp³-hybridized carbons (Fsp3) is 0.111. The van der Waals surface area contributed by atoms with Crippen molar-refractivity contribution in [3.8, 4) is 5.88 Å². The number of carbonyl (C=O) groups excluding carboxylic acids is 1. The van der Waals surface area contributed by atoms with Gasteiger partial charge in [-0.05, 0) is 23.8 Å². The Kier molecular flexibility index (Phi) is 5.86. The number of hydrogen-bond donors (Lipinski definition) is 2. The van der Waals surface area contributed by atoms with Crippen molar-refractivity contribution in [3.05, 3.63) is 72.1 Å². The highest BCUT2D eigenvalue weighted by Crippen LogP contribution is 2.22. The lowest BCUT2D eigenvalue weighted by atomic mass is 10.2. The molecule has 150 valence electrons. The maximum atomic E-state index is 13.0. The maximum absolute atomic E-state index is 13.0. The van der Waals surface area contributed by atoms with E-state index in [0.717, 1.165) is 17.8 Å². The third kappa shape index (κ3) is 5.86. The maximum Gasteiger partial charge on any atom is 0.574 e. The predicted octanol–water partition coefficient (Wildman–Crippen LogP) is 3.77. The van der Waals surface area contributed by atoms with Crippen LogP contribution in [0.1, 0.15) is 16.1 Å². The minimum absolute atomic E-state index is 0.0368. The molecule has 1 aromatic carbocycles.